The van der Waals surface area contributed by atoms with Crippen LogP contribution in [0.4, 0.5) is 5.69 Å². The number of para-hydroxylation sites is 1. The Kier molecular flexibility index (Phi) is 5.10. The smallest absolute Gasteiger partial charge is 0.374 e. The highest BCUT2D eigenvalue weighted by molar-refractivity contribution is 6.28. The van der Waals surface area contributed by atoms with Gasteiger partial charge in [-0.2, -0.15) is 0 Å². The number of amides is 1. The highest BCUT2D eigenvalue weighted by Crippen LogP contribution is 2.29. The van der Waals surface area contributed by atoms with Gasteiger partial charge in [-0.1, -0.05) is 36.4 Å². The summed E-state index contributed by atoms with van der Waals surface area (Å²) in [7, 11) is 0. The third-order valence-corrected chi connectivity index (χ3v) is 5.38. The van der Waals surface area contributed by atoms with Crippen molar-refractivity contribution in [3.05, 3.63) is 111 Å². The van der Waals surface area contributed by atoms with E-state index < -0.39 is 23.9 Å². The molecule has 0 radical (unpaired) electrons. The number of carbonyl (C=O) groups excluding carboxylic acids is 4. The first-order valence-corrected chi connectivity index (χ1v) is 10.2. The zero-order valence-corrected chi connectivity index (χ0v) is 17.5. The first kappa shape index (κ1) is 21.0. The third kappa shape index (κ3) is 3.67. The van der Waals surface area contributed by atoms with Crippen molar-refractivity contribution < 1.29 is 28.3 Å². The minimum atomic E-state index is -0.971. The van der Waals surface area contributed by atoms with Crippen LogP contribution in [0.15, 0.2) is 82.0 Å². The molecule has 5 rings (SSSR count). The van der Waals surface area contributed by atoms with Gasteiger partial charge >= 0.3 is 5.97 Å². The van der Waals surface area contributed by atoms with Crippen molar-refractivity contribution in [1.29, 1.82) is 0 Å². The predicted octanol–water partition coefficient (Wildman–Crippen LogP) is 3.36. The first-order valence-electron chi connectivity index (χ1n) is 10.2. The molecule has 0 aliphatic heterocycles. The van der Waals surface area contributed by atoms with Crippen molar-refractivity contribution in [2.45, 2.75) is 0 Å². The molecule has 34 heavy (non-hydrogen) atoms. The van der Waals surface area contributed by atoms with Crippen LogP contribution in [0.25, 0.3) is 11.0 Å². The number of ketones is 2. The quantitative estimate of drug-likeness (QED) is 0.414. The molecule has 1 heterocycles. The summed E-state index contributed by atoms with van der Waals surface area (Å²) in [5.74, 6) is -2.56. The molecular weight excluding hydrogens is 438 g/mol. The van der Waals surface area contributed by atoms with Crippen molar-refractivity contribution in [3.8, 4) is 0 Å². The van der Waals surface area contributed by atoms with E-state index in [2.05, 4.69) is 5.32 Å². The van der Waals surface area contributed by atoms with Gasteiger partial charge in [0, 0.05) is 34.0 Å². The Morgan fingerprint density at radius 1 is 0.765 bits per heavy atom. The fourth-order valence-electron chi connectivity index (χ4n) is 3.78. The van der Waals surface area contributed by atoms with E-state index in [-0.39, 0.29) is 39.7 Å². The van der Waals surface area contributed by atoms with Crippen molar-refractivity contribution in [3.63, 3.8) is 0 Å². The lowest BCUT2D eigenvalue weighted by atomic mass is 9.84. The number of hydrogen-bond acceptors (Lipinski definition) is 7. The molecule has 1 aliphatic carbocycles. The van der Waals surface area contributed by atoms with Crippen LogP contribution >= 0.6 is 0 Å². The third-order valence-electron chi connectivity index (χ3n) is 5.38. The second-order valence-corrected chi connectivity index (χ2v) is 7.56. The largest absolute Gasteiger partial charge is 0.450 e. The normalized spacial score (nSPS) is 12.1. The van der Waals surface area contributed by atoms with E-state index in [9.17, 15) is 24.0 Å². The molecule has 0 unspecified atom stereocenters. The molecule has 0 saturated heterocycles. The van der Waals surface area contributed by atoms with Gasteiger partial charge in [0.1, 0.15) is 5.58 Å². The lowest BCUT2D eigenvalue weighted by Crippen LogP contribution is -2.23. The van der Waals surface area contributed by atoms with Crippen molar-refractivity contribution in [2.24, 2.45) is 0 Å². The topological polar surface area (TPSA) is 120 Å². The second kappa shape index (κ2) is 8.25. The molecule has 1 amide bonds. The first-order chi connectivity index (χ1) is 16.4. The number of hydrogen-bond donors (Lipinski definition) is 1. The number of ether oxygens (including phenoxy) is 1. The van der Waals surface area contributed by atoms with Gasteiger partial charge in [0.25, 0.3) is 5.91 Å². The fraction of sp³-hybridized carbons (Fsp3) is 0.0385. The molecule has 0 atom stereocenters. The minimum Gasteiger partial charge on any atom is -0.450 e. The maximum absolute atomic E-state index is 12.8. The molecule has 8 heteroatoms. The van der Waals surface area contributed by atoms with Crippen LogP contribution in [0.1, 0.15) is 42.4 Å². The van der Waals surface area contributed by atoms with E-state index in [0.717, 1.165) is 6.07 Å². The average Bonchev–Trinajstić information content (AvgIpc) is 2.86. The van der Waals surface area contributed by atoms with Gasteiger partial charge in [-0.25, -0.2) is 4.79 Å². The maximum atomic E-state index is 12.8. The van der Waals surface area contributed by atoms with Crippen LogP contribution in [0, 0.1) is 0 Å². The highest BCUT2D eigenvalue weighted by Gasteiger charge is 2.29. The zero-order chi connectivity index (χ0) is 23.8. The van der Waals surface area contributed by atoms with Crippen LogP contribution in [-0.4, -0.2) is 30.0 Å². The number of anilines is 1. The van der Waals surface area contributed by atoms with Crippen LogP contribution in [0.2, 0.25) is 0 Å². The number of carbonyl (C=O) groups is 4. The molecular formula is C26H15NO7. The van der Waals surface area contributed by atoms with E-state index in [1.54, 1.807) is 48.5 Å². The van der Waals surface area contributed by atoms with Gasteiger partial charge in [0.05, 0.1) is 5.39 Å². The van der Waals surface area contributed by atoms with E-state index in [1.165, 1.54) is 18.2 Å². The van der Waals surface area contributed by atoms with Crippen LogP contribution < -0.4 is 10.7 Å². The fourth-order valence-corrected chi connectivity index (χ4v) is 3.78. The maximum Gasteiger partial charge on any atom is 0.374 e. The summed E-state index contributed by atoms with van der Waals surface area (Å²) in [6, 6.07) is 18.3. The predicted molar refractivity (Wildman–Crippen MR) is 121 cm³/mol. The van der Waals surface area contributed by atoms with Gasteiger partial charge < -0.3 is 14.5 Å². The van der Waals surface area contributed by atoms with Crippen molar-refractivity contribution in [2.75, 3.05) is 11.9 Å². The van der Waals surface area contributed by atoms with Gasteiger partial charge in [-0.15, -0.1) is 0 Å². The monoisotopic (exact) mass is 453 g/mol. The molecule has 0 bridgehead atoms. The standard InChI is InChI=1S/C26H15NO7/c28-20-12-22(34-21-8-4-3-7-18(20)21)26(32)33-13-23(29)27-14-9-10-17-19(11-14)25(31)16-6-2-1-5-15(16)24(17)30/h1-12H,13H2,(H,27,29). The van der Waals surface area contributed by atoms with Gasteiger partial charge in [-0.3, -0.25) is 19.2 Å². The molecule has 166 valence electrons. The molecule has 0 fully saturated rings. The molecule has 1 aromatic heterocycles. The van der Waals surface area contributed by atoms with Crippen molar-refractivity contribution >= 4 is 40.1 Å². The summed E-state index contributed by atoms with van der Waals surface area (Å²) in [6.07, 6.45) is 0. The summed E-state index contributed by atoms with van der Waals surface area (Å²) in [5, 5.41) is 2.85. The van der Waals surface area contributed by atoms with E-state index >= 15 is 0 Å². The number of fused-ring (bicyclic) bond motifs is 3. The number of esters is 1. The average molecular weight is 453 g/mol. The molecule has 0 spiro atoms. The Morgan fingerprint density at radius 3 is 2.18 bits per heavy atom. The van der Waals surface area contributed by atoms with Crippen LogP contribution in [0.3, 0.4) is 0 Å². The Bertz CT molecular complexity index is 1580. The molecule has 1 aliphatic rings. The number of rotatable bonds is 4. The lowest BCUT2D eigenvalue weighted by Gasteiger charge is -2.18. The second-order valence-electron chi connectivity index (χ2n) is 7.56. The number of nitrogens with one attached hydrogen (secondary N) is 1. The zero-order valence-electron chi connectivity index (χ0n) is 17.5. The summed E-state index contributed by atoms with van der Waals surface area (Å²) in [5.41, 5.74) is 1.14. The van der Waals surface area contributed by atoms with Gasteiger partial charge in [0.2, 0.25) is 5.76 Å². The summed E-state index contributed by atoms with van der Waals surface area (Å²) in [6.45, 7) is -0.651. The Balaban J connectivity index is 1.28. The Hall–Kier alpha value is -4.85. The van der Waals surface area contributed by atoms with Crippen molar-refractivity contribution in [1.82, 2.24) is 0 Å². The molecule has 8 nitrogen and oxygen atoms in total. The summed E-state index contributed by atoms with van der Waals surface area (Å²) in [4.78, 5) is 62.2. The van der Waals surface area contributed by atoms with E-state index in [0.29, 0.717) is 16.5 Å². The van der Waals surface area contributed by atoms with Crippen LogP contribution in [0.5, 0.6) is 0 Å². The molecule has 1 N–H and O–H groups in total. The molecule has 4 aromatic rings. The number of benzene rings is 3. The lowest BCUT2D eigenvalue weighted by molar-refractivity contribution is -0.119. The van der Waals surface area contributed by atoms with E-state index in [4.69, 9.17) is 9.15 Å². The Morgan fingerprint density at radius 2 is 1.41 bits per heavy atom. The van der Waals surface area contributed by atoms with E-state index in [1.807, 2.05) is 0 Å². The SMILES string of the molecule is O=C(COC(=O)c1cc(=O)c2ccccc2o1)Nc1ccc2c(c1)C(=O)c1ccccc1C2=O. The molecule has 0 saturated carbocycles. The summed E-state index contributed by atoms with van der Waals surface area (Å²) < 4.78 is 10.4. The molecule has 3 aromatic carbocycles. The minimum absolute atomic E-state index is 0.177. The Labute approximate surface area is 191 Å². The van der Waals surface area contributed by atoms with Gasteiger partial charge in [-0.05, 0) is 30.3 Å². The van der Waals surface area contributed by atoms with Gasteiger partial charge in [0.15, 0.2) is 23.6 Å². The highest BCUT2D eigenvalue weighted by atomic mass is 16.5. The summed E-state index contributed by atoms with van der Waals surface area (Å²) >= 11 is 0. The van der Waals surface area contributed by atoms with Crippen LogP contribution in [-0.2, 0) is 9.53 Å².